The molecule has 0 saturated carbocycles. The molecule has 1 heterocycles. The molecular formula is C11H18N2OS. The van der Waals surface area contributed by atoms with E-state index in [4.69, 9.17) is 0 Å². The van der Waals surface area contributed by atoms with Crippen LogP contribution in [-0.4, -0.2) is 12.6 Å². The standard InChI is InChI=1S/C11H18N2OS/c1-4-7-12-11(14)13-9(3)10-6-5-8(2)15-10/h5-6,9H,4,7H2,1-3H3,(H2,12,13,14). The first-order chi connectivity index (χ1) is 7.13. The first-order valence-electron chi connectivity index (χ1n) is 5.24. The molecule has 1 atom stereocenters. The summed E-state index contributed by atoms with van der Waals surface area (Å²) < 4.78 is 0. The second-order valence-corrected chi connectivity index (χ2v) is 4.89. The van der Waals surface area contributed by atoms with Crippen molar-refractivity contribution >= 4 is 17.4 Å². The van der Waals surface area contributed by atoms with Gasteiger partial charge in [0, 0.05) is 16.3 Å². The Morgan fingerprint density at radius 2 is 2.27 bits per heavy atom. The van der Waals surface area contributed by atoms with Gasteiger partial charge in [0.1, 0.15) is 0 Å². The van der Waals surface area contributed by atoms with E-state index in [-0.39, 0.29) is 12.1 Å². The molecule has 0 fully saturated rings. The Labute approximate surface area is 94.9 Å². The topological polar surface area (TPSA) is 41.1 Å². The van der Waals surface area contributed by atoms with Crippen LogP contribution in [0.25, 0.3) is 0 Å². The molecule has 2 amide bonds. The van der Waals surface area contributed by atoms with Crippen molar-refractivity contribution in [2.24, 2.45) is 0 Å². The third-order valence-electron chi connectivity index (χ3n) is 2.07. The Morgan fingerprint density at radius 3 is 2.80 bits per heavy atom. The van der Waals surface area contributed by atoms with E-state index < -0.39 is 0 Å². The summed E-state index contributed by atoms with van der Waals surface area (Å²) in [7, 11) is 0. The van der Waals surface area contributed by atoms with Crippen LogP contribution >= 0.6 is 11.3 Å². The number of nitrogens with one attached hydrogen (secondary N) is 2. The van der Waals surface area contributed by atoms with Crippen molar-refractivity contribution in [3.63, 3.8) is 0 Å². The average molecular weight is 226 g/mol. The minimum Gasteiger partial charge on any atom is -0.338 e. The third-order valence-corrected chi connectivity index (χ3v) is 3.25. The average Bonchev–Trinajstić information content (AvgIpc) is 2.61. The van der Waals surface area contributed by atoms with Crippen molar-refractivity contribution in [3.05, 3.63) is 21.9 Å². The molecule has 15 heavy (non-hydrogen) atoms. The number of urea groups is 1. The van der Waals surface area contributed by atoms with Crippen molar-refractivity contribution in [1.82, 2.24) is 10.6 Å². The fraction of sp³-hybridized carbons (Fsp3) is 0.545. The van der Waals surface area contributed by atoms with Gasteiger partial charge in [-0.1, -0.05) is 6.92 Å². The van der Waals surface area contributed by atoms with Crippen LogP contribution in [0.3, 0.4) is 0 Å². The minimum atomic E-state index is -0.0876. The monoisotopic (exact) mass is 226 g/mol. The molecule has 0 bridgehead atoms. The van der Waals surface area contributed by atoms with Crippen LogP contribution < -0.4 is 10.6 Å². The molecule has 0 aromatic carbocycles. The Morgan fingerprint density at radius 1 is 1.53 bits per heavy atom. The normalized spacial score (nSPS) is 12.2. The Kier molecular flexibility index (Phi) is 4.62. The molecule has 2 N–H and O–H groups in total. The van der Waals surface area contributed by atoms with E-state index >= 15 is 0 Å². The first-order valence-corrected chi connectivity index (χ1v) is 6.05. The van der Waals surface area contributed by atoms with E-state index in [1.54, 1.807) is 11.3 Å². The summed E-state index contributed by atoms with van der Waals surface area (Å²) in [5.41, 5.74) is 0. The van der Waals surface area contributed by atoms with Crippen LogP contribution in [0.2, 0.25) is 0 Å². The van der Waals surface area contributed by atoms with Gasteiger partial charge in [-0.25, -0.2) is 4.79 Å². The Balaban J connectivity index is 2.41. The summed E-state index contributed by atoms with van der Waals surface area (Å²) in [6.07, 6.45) is 0.958. The lowest BCUT2D eigenvalue weighted by atomic mass is 10.3. The highest BCUT2D eigenvalue weighted by Crippen LogP contribution is 2.21. The van der Waals surface area contributed by atoms with Gasteiger partial charge in [0.05, 0.1) is 6.04 Å². The van der Waals surface area contributed by atoms with Crippen molar-refractivity contribution in [2.45, 2.75) is 33.2 Å². The molecule has 3 nitrogen and oxygen atoms in total. The third kappa shape index (κ3) is 3.91. The van der Waals surface area contributed by atoms with Gasteiger partial charge in [0.25, 0.3) is 0 Å². The smallest absolute Gasteiger partial charge is 0.315 e. The van der Waals surface area contributed by atoms with Crippen LogP contribution in [0.4, 0.5) is 4.79 Å². The highest BCUT2D eigenvalue weighted by molar-refractivity contribution is 7.12. The van der Waals surface area contributed by atoms with Crippen LogP contribution in [-0.2, 0) is 0 Å². The second-order valence-electron chi connectivity index (χ2n) is 3.57. The van der Waals surface area contributed by atoms with Crippen molar-refractivity contribution in [1.29, 1.82) is 0 Å². The van der Waals surface area contributed by atoms with Crippen LogP contribution in [0.5, 0.6) is 0 Å². The number of carbonyl (C=O) groups is 1. The quantitative estimate of drug-likeness (QED) is 0.814. The number of hydrogen-bond donors (Lipinski definition) is 2. The Hall–Kier alpha value is -1.03. The van der Waals surface area contributed by atoms with E-state index in [0.29, 0.717) is 0 Å². The number of amides is 2. The van der Waals surface area contributed by atoms with Gasteiger partial charge >= 0.3 is 6.03 Å². The van der Waals surface area contributed by atoms with Gasteiger partial charge < -0.3 is 10.6 Å². The molecule has 0 aliphatic carbocycles. The number of thiophene rings is 1. The SMILES string of the molecule is CCCNC(=O)NC(C)c1ccc(C)s1. The van der Waals surface area contributed by atoms with Crippen molar-refractivity contribution in [2.75, 3.05) is 6.54 Å². The van der Waals surface area contributed by atoms with Crippen LogP contribution in [0.1, 0.15) is 36.1 Å². The first kappa shape index (κ1) is 12.0. The van der Waals surface area contributed by atoms with Gasteiger partial charge in [-0.15, -0.1) is 11.3 Å². The fourth-order valence-electron chi connectivity index (χ4n) is 1.24. The fourth-order valence-corrected chi connectivity index (χ4v) is 2.12. The maximum Gasteiger partial charge on any atom is 0.315 e. The summed E-state index contributed by atoms with van der Waals surface area (Å²) in [6.45, 7) is 6.82. The number of carbonyl (C=O) groups excluding carboxylic acids is 1. The summed E-state index contributed by atoms with van der Waals surface area (Å²) in [4.78, 5) is 13.8. The predicted octanol–water partition coefficient (Wildman–Crippen LogP) is 2.83. The lowest BCUT2D eigenvalue weighted by Gasteiger charge is -2.12. The Bertz CT molecular complexity index is 322. The molecule has 4 heteroatoms. The zero-order valence-electron chi connectivity index (χ0n) is 9.46. The number of aryl methyl sites for hydroxylation is 1. The maximum atomic E-state index is 11.4. The highest BCUT2D eigenvalue weighted by atomic mass is 32.1. The summed E-state index contributed by atoms with van der Waals surface area (Å²) in [6, 6.07) is 4.13. The van der Waals surface area contributed by atoms with Gasteiger partial charge in [-0.05, 0) is 32.4 Å². The maximum absolute atomic E-state index is 11.4. The lowest BCUT2D eigenvalue weighted by molar-refractivity contribution is 0.238. The molecule has 0 aliphatic rings. The van der Waals surface area contributed by atoms with E-state index in [2.05, 4.69) is 29.7 Å². The molecule has 1 aromatic heterocycles. The molecule has 84 valence electrons. The molecule has 0 aliphatic heterocycles. The summed E-state index contributed by atoms with van der Waals surface area (Å²) in [5, 5.41) is 5.70. The van der Waals surface area contributed by atoms with E-state index in [0.717, 1.165) is 13.0 Å². The molecule has 0 spiro atoms. The minimum absolute atomic E-state index is 0.0838. The molecule has 0 saturated heterocycles. The van der Waals surface area contributed by atoms with Crippen LogP contribution in [0.15, 0.2) is 12.1 Å². The molecule has 1 rings (SSSR count). The molecular weight excluding hydrogens is 208 g/mol. The number of hydrogen-bond acceptors (Lipinski definition) is 2. The largest absolute Gasteiger partial charge is 0.338 e. The van der Waals surface area contributed by atoms with E-state index in [1.165, 1.54) is 9.75 Å². The van der Waals surface area contributed by atoms with E-state index in [1.807, 2.05) is 13.8 Å². The molecule has 0 radical (unpaired) electrons. The number of rotatable bonds is 4. The van der Waals surface area contributed by atoms with Gasteiger partial charge in [0.2, 0.25) is 0 Å². The van der Waals surface area contributed by atoms with Crippen molar-refractivity contribution < 1.29 is 4.79 Å². The highest BCUT2D eigenvalue weighted by Gasteiger charge is 2.09. The van der Waals surface area contributed by atoms with Gasteiger partial charge in [-0.3, -0.25) is 0 Å². The predicted molar refractivity (Wildman–Crippen MR) is 64.3 cm³/mol. The molecule has 1 aromatic rings. The zero-order valence-corrected chi connectivity index (χ0v) is 10.3. The summed E-state index contributed by atoms with van der Waals surface area (Å²) >= 11 is 1.72. The molecule has 1 unspecified atom stereocenters. The van der Waals surface area contributed by atoms with Gasteiger partial charge in [-0.2, -0.15) is 0 Å². The van der Waals surface area contributed by atoms with Crippen LogP contribution in [0, 0.1) is 6.92 Å². The van der Waals surface area contributed by atoms with E-state index in [9.17, 15) is 4.79 Å². The zero-order chi connectivity index (χ0) is 11.3. The summed E-state index contributed by atoms with van der Waals surface area (Å²) in [5.74, 6) is 0. The van der Waals surface area contributed by atoms with Gasteiger partial charge in [0.15, 0.2) is 0 Å². The second kappa shape index (κ2) is 5.75. The lowest BCUT2D eigenvalue weighted by Crippen LogP contribution is -2.37. The van der Waals surface area contributed by atoms with Crippen molar-refractivity contribution in [3.8, 4) is 0 Å².